The van der Waals surface area contributed by atoms with E-state index in [1.54, 1.807) is 0 Å². The van der Waals surface area contributed by atoms with Gasteiger partial charge in [0.15, 0.2) is 11.5 Å². The van der Waals surface area contributed by atoms with Gasteiger partial charge in [0.05, 0.1) is 7.11 Å². The predicted octanol–water partition coefficient (Wildman–Crippen LogP) is 1.46. The maximum Gasteiger partial charge on any atom is 0.342 e. The summed E-state index contributed by atoms with van der Waals surface area (Å²) in [4.78, 5) is 37.3. The van der Waals surface area contributed by atoms with Crippen LogP contribution >= 0.6 is 0 Å². The average molecular weight is 360 g/mol. The van der Waals surface area contributed by atoms with Crippen molar-refractivity contribution in [1.82, 2.24) is 4.98 Å². The molecule has 0 unspecified atom stereocenters. The number of ether oxygens (including phenoxy) is 1. The normalized spacial score (nSPS) is 10.3. The number of aromatic nitrogens is 1. The topological polar surface area (TPSA) is 163 Å². The highest BCUT2D eigenvalue weighted by molar-refractivity contribution is 6.07. The third-order valence-electron chi connectivity index (χ3n) is 3.70. The molecule has 0 bridgehead atoms. The van der Waals surface area contributed by atoms with Crippen molar-refractivity contribution in [1.29, 1.82) is 0 Å². The molecule has 2 aromatic rings. The summed E-state index contributed by atoms with van der Waals surface area (Å²) in [5, 5.41) is 29.0. The molecule has 9 nitrogen and oxygen atoms in total. The minimum Gasteiger partial charge on any atom is -0.504 e. The Bertz CT molecular complexity index is 976. The molecule has 6 N–H and O–H groups in total. The van der Waals surface area contributed by atoms with Crippen LogP contribution < -0.4 is 16.0 Å². The molecule has 0 aliphatic rings. The average Bonchev–Trinajstić information content (AvgIpc) is 2.55. The molecule has 0 spiro atoms. The summed E-state index contributed by atoms with van der Waals surface area (Å²) in [7, 11) is 1.28. The summed E-state index contributed by atoms with van der Waals surface area (Å²) in [5.41, 5.74) is 3.17. The molecule has 0 fully saturated rings. The number of hydrogen-bond acceptors (Lipinski definition) is 6. The van der Waals surface area contributed by atoms with Gasteiger partial charge in [-0.05, 0) is 24.1 Å². The number of benzene rings is 1. The number of allylic oxidation sites excluding steroid dienone is 1. The van der Waals surface area contributed by atoms with E-state index in [4.69, 9.17) is 10.5 Å². The second-order valence-electron chi connectivity index (χ2n) is 5.28. The Labute approximate surface area is 147 Å². The second kappa shape index (κ2) is 7.01. The highest BCUT2D eigenvalue weighted by Crippen LogP contribution is 2.38. The first-order valence-corrected chi connectivity index (χ1v) is 7.26. The van der Waals surface area contributed by atoms with Gasteiger partial charge >= 0.3 is 11.9 Å². The predicted molar refractivity (Wildman–Crippen MR) is 92.9 cm³/mol. The minimum atomic E-state index is -1.62. The molecule has 1 aromatic heterocycles. The first kappa shape index (κ1) is 18.6. The van der Waals surface area contributed by atoms with E-state index in [2.05, 4.69) is 6.58 Å². The standard InChI is InChI=1S/C17H16N2O7/c1-3-4-7-5-8(6-9(26-2)13(7)20)10-11(16(22)23)14(18)19-15(21)12(10)17(24)25/h3,5-6,20H,1,4H2,2H3,(H,22,23)(H,24,25)(H3,18,19,21). The van der Waals surface area contributed by atoms with E-state index in [9.17, 15) is 29.7 Å². The van der Waals surface area contributed by atoms with Crippen molar-refractivity contribution >= 4 is 17.8 Å². The molecule has 0 saturated heterocycles. The van der Waals surface area contributed by atoms with E-state index in [1.807, 2.05) is 4.98 Å². The van der Waals surface area contributed by atoms with Crippen molar-refractivity contribution in [2.24, 2.45) is 0 Å². The summed E-state index contributed by atoms with van der Waals surface area (Å²) in [5.74, 6) is -3.86. The number of hydrogen-bond donors (Lipinski definition) is 5. The van der Waals surface area contributed by atoms with Crippen molar-refractivity contribution in [2.75, 3.05) is 12.8 Å². The number of methoxy groups -OCH3 is 1. The number of nitrogens with two attached hydrogens (primary N) is 1. The number of nitrogen functional groups attached to an aromatic ring is 1. The number of H-pyrrole nitrogens is 1. The third-order valence-corrected chi connectivity index (χ3v) is 3.70. The molecule has 26 heavy (non-hydrogen) atoms. The van der Waals surface area contributed by atoms with E-state index in [0.717, 1.165) is 0 Å². The van der Waals surface area contributed by atoms with Gasteiger partial charge in [-0.1, -0.05) is 6.08 Å². The molecule has 0 aliphatic heterocycles. The number of nitrogens with one attached hydrogen (secondary N) is 1. The van der Waals surface area contributed by atoms with Gasteiger partial charge in [-0.25, -0.2) is 9.59 Å². The van der Waals surface area contributed by atoms with E-state index < -0.39 is 34.4 Å². The van der Waals surface area contributed by atoms with Gasteiger partial charge < -0.3 is 30.8 Å². The molecule has 0 amide bonds. The quantitative estimate of drug-likeness (QED) is 0.483. The van der Waals surface area contributed by atoms with Crippen LogP contribution in [0.3, 0.4) is 0 Å². The molecular weight excluding hydrogens is 344 g/mol. The van der Waals surface area contributed by atoms with Crippen LogP contribution in [0.1, 0.15) is 26.3 Å². The molecule has 0 saturated carbocycles. The lowest BCUT2D eigenvalue weighted by Gasteiger charge is -2.15. The van der Waals surface area contributed by atoms with Gasteiger partial charge in [0, 0.05) is 11.1 Å². The van der Waals surface area contributed by atoms with Crippen LogP contribution in [0.5, 0.6) is 11.5 Å². The fourth-order valence-electron chi connectivity index (χ4n) is 2.61. The number of pyridine rings is 1. The molecule has 0 aliphatic carbocycles. The lowest BCUT2D eigenvalue weighted by Crippen LogP contribution is -2.24. The lowest BCUT2D eigenvalue weighted by atomic mass is 9.93. The van der Waals surface area contributed by atoms with Gasteiger partial charge in [0.25, 0.3) is 5.56 Å². The zero-order valence-corrected chi connectivity index (χ0v) is 13.7. The van der Waals surface area contributed by atoms with E-state index in [-0.39, 0.29) is 29.0 Å². The molecule has 1 aromatic carbocycles. The fraction of sp³-hybridized carbons (Fsp3) is 0.118. The van der Waals surface area contributed by atoms with Crippen LogP contribution in [-0.2, 0) is 6.42 Å². The smallest absolute Gasteiger partial charge is 0.342 e. The Balaban J connectivity index is 3.02. The summed E-state index contributed by atoms with van der Waals surface area (Å²) in [6.07, 6.45) is 1.68. The highest BCUT2D eigenvalue weighted by atomic mass is 16.5. The zero-order chi connectivity index (χ0) is 19.6. The maximum absolute atomic E-state index is 12.1. The number of carboxylic acid groups (broad SMARTS) is 2. The number of aromatic carboxylic acids is 2. The molecular formula is C17H16N2O7. The Hall–Kier alpha value is -3.75. The van der Waals surface area contributed by atoms with Gasteiger partial charge in [0.2, 0.25) is 0 Å². The van der Waals surface area contributed by atoms with Gasteiger partial charge in [-0.2, -0.15) is 0 Å². The number of aromatic amines is 1. The Morgan fingerprint density at radius 1 is 1.27 bits per heavy atom. The minimum absolute atomic E-state index is 0.0223. The first-order chi connectivity index (χ1) is 12.2. The number of carbonyl (C=O) groups is 2. The Morgan fingerprint density at radius 3 is 2.38 bits per heavy atom. The second-order valence-corrected chi connectivity index (χ2v) is 5.28. The first-order valence-electron chi connectivity index (χ1n) is 7.26. The maximum atomic E-state index is 12.1. The Kier molecular flexibility index (Phi) is 5.01. The number of rotatable bonds is 6. The van der Waals surface area contributed by atoms with Crippen molar-refractivity contribution < 1.29 is 29.6 Å². The van der Waals surface area contributed by atoms with E-state index in [0.29, 0.717) is 5.56 Å². The molecule has 1 heterocycles. The largest absolute Gasteiger partial charge is 0.504 e. The van der Waals surface area contributed by atoms with Crippen LogP contribution in [0.4, 0.5) is 5.82 Å². The van der Waals surface area contributed by atoms with Gasteiger partial charge in [0.1, 0.15) is 16.9 Å². The van der Waals surface area contributed by atoms with Crippen LogP contribution in [0.2, 0.25) is 0 Å². The van der Waals surface area contributed by atoms with Gasteiger partial charge in [-0.3, -0.25) is 4.79 Å². The highest BCUT2D eigenvalue weighted by Gasteiger charge is 2.27. The number of aromatic hydroxyl groups is 1. The Morgan fingerprint density at radius 2 is 1.88 bits per heavy atom. The molecule has 136 valence electrons. The van der Waals surface area contributed by atoms with Crippen LogP contribution in [0, 0.1) is 0 Å². The van der Waals surface area contributed by atoms with Crippen LogP contribution in [0.25, 0.3) is 11.1 Å². The summed E-state index contributed by atoms with van der Waals surface area (Å²) >= 11 is 0. The number of carboxylic acids is 2. The SMILES string of the molecule is C=CCc1cc(-c2c(C(=O)O)c(N)[nH]c(=O)c2C(=O)O)cc(OC)c1O. The molecule has 0 radical (unpaired) electrons. The lowest BCUT2D eigenvalue weighted by molar-refractivity contribution is 0.0695. The van der Waals surface area contributed by atoms with Gasteiger partial charge in [-0.15, -0.1) is 6.58 Å². The molecule has 2 rings (SSSR count). The van der Waals surface area contributed by atoms with Crippen molar-refractivity contribution in [3.05, 3.63) is 51.8 Å². The monoisotopic (exact) mass is 360 g/mol. The molecule has 9 heteroatoms. The van der Waals surface area contributed by atoms with Crippen molar-refractivity contribution in [3.8, 4) is 22.6 Å². The summed E-state index contributed by atoms with van der Waals surface area (Å²) in [6, 6.07) is 2.58. The third kappa shape index (κ3) is 3.09. The number of phenols is 1. The fourth-order valence-corrected chi connectivity index (χ4v) is 2.61. The summed E-state index contributed by atoms with van der Waals surface area (Å²) < 4.78 is 5.06. The van der Waals surface area contributed by atoms with Crippen molar-refractivity contribution in [3.63, 3.8) is 0 Å². The van der Waals surface area contributed by atoms with Crippen LogP contribution in [0.15, 0.2) is 29.6 Å². The summed E-state index contributed by atoms with van der Waals surface area (Å²) in [6.45, 7) is 3.56. The number of anilines is 1. The molecule has 0 atom stereocenters. The van der Waals surface area contributed by atoms with Crippen LogP contribution in [-0.4, -0.2) is 39.4 Å². The van der Waals surface area contributed by atoms with E-state index in [1.165, 1.54) is 25.3 Å². The zero-order valence-electron chi connectivity index (χ0n) is 13.7. The van der Waals surface area contributed by atoms with E-state index >= 15 is 0 Å². The number of phenolic OH excluding ortho intramolecular Hbond substituents is 1. The van der Waals surface area contributed by atoms with Crippen molar-refractivity contribution in [2.45, 2.75) is 6.42 Å².